The molecule has 3 aromatic rings. The van der Waals surface area contributed by atoms with Gasteiger partial charge in [0.15, 0.2) is 5.65 Å². The third kappa shape index (κ3) is 2.84. The number of fused-ring (bicyclic) bond motifs is 1. The number of imidazole rings is 1. The molecule has 5 heteroatoms. The third-order valence-electron chi connectivity index (χ3n) is 4.47. The van der Waals surface area contributed by atoms with E-state index in [0.717, 1.165) is 48.5 Å². The highest BCUT2D eigenvalue weighted by Gasteiger charge is 2.22. The Balaban J connectivity index is 1.79. The Labute approximate surface area is 134 Å². The molecule has 1 fully saturated rings. The second-order valence-corrected chi connectivity index (χ2v) is 6.06. The number of hydrogen-bond donors (Lipinski definition) is 1. The lowest BCUT2D eigenvalue weighted by molar-refractivity contribution is 0.435. The van der Waals surface area contributed by atoms with E-state index in [0.29, 0.717) is 12.5 Å². The first-order valence-electron chi connectivity index (χ1n) is 8.07. The van der Waals surface area contributed by atoms with Gasteiger partial charge in [0.05, 0.1) is 6.54 Å². The number of nitrogens with one attached hydrogen (secondary N) is 1. The molecule has 3 heterocycles. The highest BCUT2D eigenvalue weighted by atomic mass is 19.1. The van der Waals surface area contributed by atoms with E-state index < -0.39 is 0 Å². The molecule has 118 valence electrons. The summed E-state index contributed by atoms with van der Waals surface area (Å²) in [4.78, 5) is 9.34. The maximum atomic E-state index is 13.5. The Bertz CT molecular complexity index is 821. The largest absolute Gasteiger partial charge is 0.317 e. The summed E-state index contributed by atoms with van der Waals surface area (Å²) in [5, 5.41) is 3.39. The van der Waals surface area contributed by atoms with Crippen LogP contribution in [0.5, 0.6) is 0 Å². The molecule has 0 atom stereocenters. The molecule has 0 bridgehead atoms. The monoisotopic (exact) mass is 310 g/mol. The molecule has 0 radical (unpaired) electrons. The minimum absolute atomic E-state index is 0.205. The van der Waals surface area contributed by atoms with Gasteiger partial charge in [-0.15, -0.1) is 0 Å². The Morgan fingerprint density at radius 3 is 2.87 bits per heavy atom. The molecular formula is C18H19FN4. The van der Waals surface area contributed by atoms with Crippen molar-refractivity contribution < 1.29 is 4.39 Å². The van der Waals surface area contributed by atoms with Crippen molar-refractivity contribution in [2.24, 2.45) is 0 Å². The van der Waals surface area contributed by atoms with Crippen molar-refractivity contribution >= 4 is 11.2 Å². The SMILES string of the molecule is Fc1cccc(Cn2c(C3CCNCC3)nc3cccnc32)c1. The summed E-state index contributed by atoms with van der Waals surface area (Å²) in [5.74, 6) is 1.30. The molecule has 23 heavy (non-hydrogen) atoms. The molecular weight excluding hydrogens is 291 g/mol. The zero-order valence-corrected chi connectivity index (χ0v) is 12.9. The van der Waals surface area contributed by atoms with E-state index in [4.69, 9.17) is 4.98 Å². The molecule has 1 aromatic carbocycles. The predicted octanol–water partition coefficient (Wildman–Crippen LogP) is 3.09. The minimum atomic E-state index is -0.205. The topological polar surface area (TPSA) is 42.7 Å². The van der Waals surface area contributed by atoms with Crippen LogP contribution in [0, 0.1) is 5.82 Å². The predicted molar refractivity (Wildman–Crippen MR) is 87.9 cm³/mol. The number of pyridine rings is 1. The van der Waals surface area contributed by atoms with Gasteiger partial charge in [0.2, 0.25) is 0 Å². The summed E-state index contributed by atoms with van der Waals surface area (Å²) in [6.45, 7) is 2.63. The third-order valence-corrected chi connectivity index (χ3v) is 4.47. The fourth-order valence-corrected chi connectivity index (χ4v) is 3.34. The molecule has 0 aliphatic carbocycles. The normalized spacial score (nSPS) is 16.0. The highest BCUT2D eigenvalue weighted by molar-refractivity contribution is 5.71. The fraction of sp³-hybridized carbons (Fsp3) is 0.333. The standard InChI is InChI=1S/C18H19FN4/c19-15-4-1-3-13(11-15)12-23-17(14-6-9-20-10-7-14)22-16-5-2-8-21-18(16)23/h1-5,8,11,14,20H,6-7,9-10,12H2. The van der Waals surface area contributed by atoms with Crippen LogP contribution in [-0.4, -0.2) is 27.6 Å². The Kier molecular flexibility index (Phi) is 3.79. The molecule has 0 amide bonds. The summed E-state index contributed by atoms with van der Waals surface area (Å²) in [5.41, 5.74) is 2.73. The molecule has 0 unspecified atom stereocenters. The fourth-order valence-electron chi connectivity index (χ4n) is 3.34. The van der Waals surface area contributed by atoms with Crippen LogP contribution < -0.4 is 5.32 Å². The van der Waals surface area contributed by atoms with E-state index in [-0.39, 0.29) is 5.82 Å². The second-order valence-electron chi connectivity index (χ2n) is 6.06. The Morgan fingerprint density at radius 1 is 1.17 bits per heavy atom. The van der Waals surface area contributed by atoms with Crippen LogP contribution in [0.2, 0.25) is 0 Å². The van der Waals surface area contributed by atoms with Crippen molar-refractivity contribution in [2.45, 2.75) is 25.3 Å². The van der Waals surface area contributed by atoms with Crippen LogP contribution >= 0.6 is 0 Å². The van der Waals surface area contributed by atoms with Gasteiger partial charge in [-0.05, 0) is 55.8 Å². The van der Waals surface area contributed by atoms with E-state index in [1.54, 1.807) is 18.3 Å². The van der Waals surface area contributed by atoms with Crippen LogP contribution in [-0.2, 0) is 6.54 Å². The molecule has 4 nitrogen and oxygen atoms in total. The van der Waals surface area contributed by atoms with Gasteiger partial charge in [0.25, 0.3) is 0 Å². The van der Waals surface area contributed by atoms with Gasteiger partial charge >= 0.3 is 0 Å². The molecule has 0 spiro atoms. The van der Waals surface area contributed by atoms with Crippen molar-refractivity contribution in [2.75, 3.05) is 13.1 Å². The summed E-state index contributed by atoms with van der Waals surface area (Å²) in [7, 11) is 0. The van der Waals surface area contributed by atoms with Crippen LogP contribution in [0.15, 0.2) is 42.6 Å². The first-order chi connectivity index (χ1) is 11.3. The van der Waals surface area contributed by atoms with E-state index in [9.17, 15) is 4.39 Å². The second kappa shape index (κ2) is 6.08. The molecule has 0 saturated carbocycles. The van der Waals surface area contributed by atoms with Crippen LogP contribution in [0.25, 0.3) is 11.2 Å². The maximum Gasteiger partial charge on any atom is 0.160 e. The molecule has 1 saturated heterocycles. The summed E-state index contributed by atoms with van der Waals surface area (Å²) >= 11 is 0. The number of benzene rings is 1. The smallest absolute Gasteiger partial charge is 0.160 e. The average Bonchev–Trinajstić information content (AvgIpc) is 2.95. The van der Waals surface area contributed by atoms with Gasteiger partial charge in [0.1, 0.15) is 17.2 Å². The summed E-state index contributed by atoms with van der Waals surface area (Å²) in [6.07, 6.45) is 3.94. The lowest BCUT2D eigenvalue weighted by Gasteiger charge is -2.23. The Morgan fingerprint density at radius 2 is 2.04 bits per heavy atom. The molecule has 1 aliphatic heterocycles. The van der Waals surface area contributed by atoms with Crippen molar-refractivity contribution in [1.82, 2.24) is 19.9 Å². The first kappa shape index (κ1) is 14.3. The zero-order chi connectivity index (χ0) is 15.6. The minimum Gasteiger partial charge on any atom is -0.317 e. The van der Waals surface area contributed by atoms with Crippen molar-refractivity contribution in [3.8, 4) is 0 Å². The van der Waals surface area contributed by atoms with Gasteiger partial charge in [-0.3, -0.25) is 0 Å². The average molecular weight is 310 g/mol. The quantitative estimate of drug-likeness (QED) is 0.808. The van der Waals surface area contributed by atoms with E-state index in [1.165, 1.54) is 6.07 Å². The number of nitrogens with zero attached hydrogens (tertiary/aromatic N) is 3. The van der Waals surface area contributed by atoms with E-state index in [1.807, 2.05) is 18.2 Å². The van der Waals surface area contributed by atoms with Crippen LogP contribution in [0.4, 0.5) is 4.39 Å². The van der Waals surface area contributed by atoms with Gasteiger partial charge in [-0.2, -0.15) is 0 Å². The number of piperidine rings is 1. The number of halogens is 1. The maximum absolute atomic E-state index is 13.5. The van der Waals surface area contributed by atoms with Gasteiger partial charge in [-0.1, -0.05) is 12.1 Å². The van der Waals surface area contributed by atoms with Crippen LogP contribution in [0.3, 0.4) is 0 Å². The van der Waals surface area contributed by atoms with Gasteiger partial charge in [-0.25, -0.2) is 14.4 Å². The lowest BCUT2D eigenvalue weighted by atomic mass is 9.97. The molecule has 1 N–H and O–H groups in total. The van der Waals surface area contributed by atoms with Crippen molar-refractivity contribution in [3.05, 3.63) is 59.8 Å². The Hall–Kier alpha value is -2.27. The first-order valence-corrected chi connectivity index (χ1v) is 8.07. The molecule has 2 aromatic heterocycles. The molecule has 1 aliphatic rings. The number of aromatic nitrogens is 3. The number of hydrogen-bond acceptors (Lipinski definition) is 3. The van der Waals surface area contributed by atoms with Crippen molar-refractivity contribution in [3.63, 3.8) is 0 Å². The van der Waals surface area contributed by atoms with Gasteiger partial charge < -0.3 is 9.88 Å². The summed E-state index contributed by atoms with van der Waals surface area (Å²) < 4.78 is 15.7. The molecule has 4 rings (SSSR count). The highest BCUT2D eigenvalue weighted by Crippen LogP contribution is 2.28. The number of rotatable bonds is 3. The summed E-state index contributed by atoms with van der Waals surface area (Å²) in [6, 6.07) is 10.7. The zero-order valence-electron chi connectivity index (χ0n) is 12.9. The van der Waals surface area contributed by atoms with E-state index >= 15 is 0 Å². The lowest BCUT2D eigenvalue weighted by Crippen LogP contribution is -2.28. The van der Waals surface area contributed by atoms with Crippen LogP contribution in [0.1, 0.15) is 30.1 Å². The van der Waals surface area contributed by atoms with Gasteiger partial charge in [0, 0.05) is 12.1 Å². The van der Waals surface area contributed by atoms with E-state index in [2.05, 4.69) is 14.9 Å². The van der Waals surface area contributed by atoms with Crippen molar-refractivity contribution in [1.29, 1.82) is 0 Å².